The predicted molar refractivity (Wildman–Crippen MR) is 124 cm³/mol. The maximum Gasteiger partial charge on any atom is 0.416 e. The highest BCUT2D eigenvalue weighted by atomic mass is 127. The number of nitrogens with one attached hydrogen (secondary N) is 2. The Hall–Kier alpha value is -2.21. The Labute approximate surface area is 196 Å². The average Bonchev–Trinajstić information content (AvgIpc) is 2.74. The lowest BCUT2D eigenvalue weighted by atomic mass is 10.1. The summed E-state index contributed by atoms with van der Waals surface area (Å²) >= 11 is 0. The van der Waals surface area contributed by atoms with Crippen molar-refractivity contribution in [1.29, 1.82) is 0 Å². The molecule has 0 aromatic heterocycles. The van der Waals surface area contributed by atoms with Crippen LogP contribution in [-0.2, 0) is 12.7 Å². The van der Waals surface area contributed by atoms with Gasteiger partial charge in [0.15, 0.2) is 5.96 Å². The first-order valence-electron chi connectivity index (χ1n) is 9.36. The number of rotatable bonds is 8. The average molecular weight is 553 g/mol. The molecule has 3 N–H and O–H groups in total. The zero-order valence-corrected chi connectivity index (χ0v) is 19.8. The number of benzene rings is 2. The van der Waals surface area contributed by atoms with E-state index in [1.165, 1.54) is 20.3 Å². The molecule has 0 amide bonds. The SMILES string of the molecule is CCNC(=NCc1cccc(C(F)(F)F)c1)NCC(O)c1cc(OC)ccc1OC.I. The van der Waals surface area contributed by atoms with Crippen LogP contribution in [0.1, 0.15) is 29.7 Å². The van der Waals surface area contributed by atoms with Gasteiger partial charge in [-0.1, -0.05) is 12.1 Å². The van der Waals surface area contributed by atoms with Crippen LogP contribution < -0.4 is 20.1 Å². The molecular formula is C21H27F3IN3O3. The van der Waals surface area contributed by atoms with E-state index in [4.69, 9.17) is 9.47 Å². The van der Waals surface area contributed by atoms with E-state index in [0.29, 0.717) is 35.1 Å². The van der Waals surface area contributed by atoms with E-state index in [-0.39, 0.29) is 37.1 Å². The minimum atomic E-state index is -4.40. The number of hydrogen-bond donors (Lipinski definition) is 3. The van der Waals surface area contributed by atoms with E-state index < -0.39 is 17.8 Å². The van der Waals surface area contributed by atoms with E-state index >= 15 is 0 Å². The monoisotopic (exact) mass is 553 g/mol. The van der Waals surface area contributed by atoms with Gasteiger partial charge in [-0.05, 0) is 42.8 Å². The fourth-order valence-corrected chi connectivity index (χ4v) is 2.76. The van der Waals surface area contributed by atoms with Crippen molar-refractivity contribution >= 4 is 29.9 Å². The number of hydrogen-bond acceptors (Lipinski definition) is 4. The van der Waals surface area contributed by atoms with Gasteiger partial charge in [0, 0.05) is 18.7 Å². The quantitative estimate of drug-likeness (QED) is 0.261. The second-order valence-corrected chi connectivity index (χ2v) is 6.40. The van der Waals surface area contributed by atoms with Gasteiger partial charge in [0.25, 0.3) is 0 Å². The van der Waals surface area contributed by atoms with Crippen molar-refractivity contribution in [3.05, 3.63) is 59.2 Å². The molecule has 0 radical (unpaired) electrons. The summed E-state index contributed by atoms with van der Waals surface area (Å²) in [5.74, 6) is 1.46. The molecule has 1 unspecified atom stereocenters. The van der Waals surface area contributed by atoms with Crippen LogP contribution in [0.2, 0.25) is 0 Å². The molecule has 31 heavy (non-hydrogen) atoms. The van der Waals surface area contributed by atoms with Gasteiger partial charge in [-0.15, -0.1) is 24.0 Å². The zero-order valence-electron chi connectivity index (χ0n) is 17.5. The third-order valence-electron chi connectivity index (χ3n) is 4.28. The van der Waals surface area contributed by atoms with Crippen molar-refractivity contribution in [2.75, 3.05) is 27.3 Å². The molecule has 0 fully saturated rings. The molecule has 0 aliphatic rings. The fourth-order valence-electron chi connectivity index (χ4n) is 2.76. The number of nitrogens with zero attached hydrogens (tertiary/aromatic N) is 1. The standard InChI is InChI=1S/C21H26F3N3O3.HI/c1-4-25-20(26-12-14-6-5-7-15(10-14)21(22,23)24)27-13-18(28)17-11-16(29-2)8-9-19(17)30-3;/h5-11,18,28H,4,12-13H2,1-3H3,(H2,25,26,27);1H. The predicted octanol–water partition coefficient (Wildman–Crippen LogP) is 4.13. The van der Waals surface area contributed by atoms with Crippen molar-refractivity contribution in [3.63, 3.8) is 0 Å². The Balaban J connectivity index is 0.00000480. The second kappa shape index (κ2) is 12.6. The van der Waals surface area contributed by atoms with Gasteiger partial charge >= 0.3 is 6.18 Å². The summed E-state index contributed by atoms with van der Waals surface area (Å²) in [5.41, 5.74) is 0.254. The van der Waals surface area contributed by atoms with Crippen LogP contribution in [0, 0.1) is 0 Å². The summed E-state index contributed by atoms with van der Waals surface area (Å²) in [5, 5.41) is 16.6. The molecule has 0 bridgehead atoms. The highest BCUT2D eigenvalue weighted by molar-refractivity contribution is 14.0. The Morgan fingerprint density at radius 3 is 2.45 bits per heavy atom. The summed E-state index contributed by atoms with van der Waals surface area (Å²) in [4.78, 5) is 4.31. The number of aliphatic hydroxyl groups is 1. The molecule has 0 heterocycles. The van der Waals surface area contributed by atoms with Crippen LogP contribution in [0.5, 0.6) is 11.5 Å². The molecule has 0 aliphatic heterocycles. The van der Waals surface area contributed by atoms with Gasteiger partial charge in [-0.2, -0.15) is 13.2 Å². The van der Waals surface area contributed by atoms with Crippen LogP contribution in [0.4, 0.5) is 13.2 Å². The van der Waals surface area contributed by atoms with E-state index in [9.17, 15) is 18.3 Å². The highest BCUT2D eigenvalue weighted by Gasteiger charge is 2.30. The number of aliphatic hydroxyl groups excluding tert-OH is 1. The zero-order chi connectivity index (χ0) is 22.1. The first-order chi connectivity index (χ1) is 14.3. The maximum absolute atomic E-state index is 12.9. The van der Waals surface area contributed by atoms with E-state index in [2.05, 4.69) is 15.6 Å². The molecule has 2 aromatic rings. The van der Waals surface area contributed by atoms with Crippen LogP contribution in [-0.4, -0.2) is 38.4 Å². The Kier molecular flexibility index (Phi) is 10.9. The van der Waals surface area contributed by atoms with Gasteiger partial charge in [-0.3, -0.25) is 0 Å². The molecule has 2 aromatic carbocycles. The molecular weight excluding hydrogens is 526 g/mol. The second-order valence-electron chi connectivity index (χ2n) is 6.40. The highest BCUT2D eigenvalue weighted by Crippen LogP contribution is 2.30. The third kappa shape index (κ3) is 8.09. The summed E-state index contributed by atoms with van der Waals surface area (Å²) < 4.78 is 49.1. The topological polar surface area (TPSA) is 75.1 Å². The lowest BCUT2D eigenvalue weighted by Gasteiger charge is -2.18. The molecule has 0 saturated carbocycles. The molecule has 2 rings (SSSR count). The number of aliphatic imine (C=N–C) groups is 1. The van der Waals surface area contributed by atoms with Gasteiger partial charge in [0.05, 0.1) is 32.4 Å². The van der Waals surface area contributed by atoms with Crippen LogP contribution in [0.15, 0.2) is 47.5 Å². The number of methoxy groups -OCH3 is 2. The van der Waals surface area contributed by atoms with Crippen LogP contribution >= 0.6 is 24.0 Å². The first kappa shape index (κ1) is 26.8. The van der Waals surface area contributed by atoms with E-state index in [0.717, 1.165) is 12.1 Å². The molecule has 10 heteroatoms. The van der Waals surface area contributed by atoms with Crippen LogP contribution in [0.3, 0.4) is 0 Å². The fraction of sp³-hybridized carbons (Fsp3) is 0.381. The molecule has 6 nitrogen and oxygen atoms in total. The van der Waals surface area contributed by atoms with Crippen molar-refractivity contribution in [2.45, 2.75) is 25.7 Å². The Morgan fingerprint density at radius 1 is 1.10 bits per heavy atom. The van der Waals surface area contributed by atoms with Gasteiger partial charge in [0.1, 0.15) is 11.5 Å². The number of alkyl halides is 3. The van der Waals surface area contributed by atoms with Gasteiger partial charge < -0.3 is 25.2 Å². The maximum atomic E-state index is 12.9. The largest absolute Gasteiger partial charge is 0.497 e. The Morgan fingerprint density at radius 2 is 1.84 bits per heavy atom. The summed E-state index contributed by atoms with van der Waals surface area (Å²) in [6.45, 7) is 2.58. The van der Waals surface area contributed by atoms with Crippen molar-refractivity contribution in [2.24, 2.45) is 4.99 Å². The molecule has 0 saturated heterocycles. The Bertz CT molecular complexity index is 863. The number of guanidine groups is 1. The number of halogens is 4. The molecule has 172 valence electrons. The minimum absolute atomic E-state index is 0. The van der Waals surface area contributed by atoms with Gasteiger partial charge in [-0.25, -0.2) is 4.99 Å². The minimum Gasteiger partial charge on any atom is -0.497 e. The third-order valence-corrected chi connectivity index (χ3v) is 4.28. The normalized spacial score (nSPS) is 12.5. The summed E-state index contributed by atoms with van der Waals surface area (Å²) in [6, 6.07) is 10.1. The molecule has 1 atom stereocenters. The lowest BCUT2D eigenvalue weighted by Crippen LogP contribution is -2.39. The number of ether oxygens (including phenoxy) is 2. The summed E-state index contributed by atoms with van der Waals surface area (Å²) in [6.07, 6.45) is -5.32. The molecule has 0 aliphatic carbocycles. The van der Waals surface area contributed by atoms with Crippen molar-refractivity contribution in [3.8, 4) is 11.5 Å². The first-order valence-corrected chi connectivity index (χ1v) is 9.36. The van der Waals surface area contributed by atoms with Crippen molar-refractivity contribution in [1.82, 2.24) is 10.6 Å². The lowest BCUT2D eigenvalue weighted by molar-refractivity contribution is -0.137. The van der Waals surface area contributed by atoms with Crippen LogP contribution in [0.25, 0.3) is 0 Å². The summed E-state index contributed by atoms with van der Waals surface area (Å²) in [7, 11) is 3.03. The van der Waals surface area contributed by atoms with Gasteiger partial charge in [0.2, 0.25) is 0 Å². The smallest absolute Gasteiger partial charge is 0.416 e. The molecule has 0 spiro atoms. The van der Waals surface area contributed by atoms with Crippen molar-refractivity contribution < 1.29 is 27.8 Å². The van der Waals surface area contributed by atoms with E-state index in [1.54, 1.807) is 24.3 Å². The van der Waals surface area contributed by atoms with E-state index in [1.807, 2.05) is 6.92 Å².